The molecule has 2 fully saturated rings. The SMILES string of the molecule is Cc1ccccc1[C@H](CNC(=O)N1CCN(C2CCCCC2)CC1)N(C)C. The van der Waals surface area contributed by atoms with Crippen LogP contribution in [-0.4, -0.2) is 73.6 Å². The molecule has 5 heteroatoms. The minimum atomic E-state index is 0.0822. The van der Waals surface area contributed by atoms with Crippen molar-refractivity contribution in [2.75, 3.05) is 46.8 Å². The molecular formula is C22H36N4O. The average molecular weight is 373 g/mol. The summed E-state index contributed by atoms with van der Waals surface area (Å²) in [5.41, 5.74) is 2.55. The summed E-state index contributed by atoms with van der Waals surface area (Å²) in [4.78, 5) is 19.5. The fraction of sp³-hybridized carbons (Fsp3) is 0.682. The third kappa shape index (κ3) is 5.23. The van der Waals surface area contributed by atoms with Gasteiger partial charge in [-0.3, -0.25) is 4.90 Å². The summed E-state index contributed by atoms with van der Waals surface area (Å²) in [5.74, 6) is 0. The average Bonchev–Trinajstić information content (AvgIpc) is 2.70. The van der Waals surface area contributed by atoms with Crippen molar-refractivity contribution >= 4 is 6.03 Å². The van der Waals surface area contributed by atoms with Crippen LogP contribution in [0.25, 0.3) is 0 Å². The predicted molar refractivity (Wildman–Crippen MR) is 111 cm³/mol. The van der Waals surface area contributed by atoms with Crippen molar-refractivity contribution in [1.82, 2.24) is 20.0 Å². The van der Waals surface area contributed by atoms with Crippen LogP contribution in [-0.2, 0) is 0 Å². The van der Waals surface area contributed by atoms with Crippen molar-refractivity contribution in [2.24, 2.45) is 0 Å². The number of carbonyl (C=O) groups is 1. The first kappa shape index (κ1) is 20.2. The monoisotopic (exact) mass is 372 g/mol. The molecule has 1 heterocycles. The molecule has 27 heavy (non-hydrogen) atoms. The second-order valence-electron chi connectivity index (χ2n) is 8.34. The molecule has 1 atom stereocenters. The van der Waals surface area contributed by atoms with Crippen LogP contribution in [0.15, 0.2) is 24.3 Å². The molecule has 1 aliphatic heterocycles. The molecule has 1 aromatic carbocycles. The van der Waals surface area contributed by atoms with Crippen molar-refractivity contribution in [2.45, 2.75) is 51.1 Å². The number of piperazine rings is 1. The van der Waals surface area contributed by atoms with Gasteiger partial charge in [0.05, 0.1) is 6.04 Å². The first-order valence-corrected chi connectivity index (χ1v) is 10.5. The number of likely N-dealkylation sites (N-methyl/N-ethyl adjacent to an activating group) is 1. The topological polar surface area (TPSA) is 38.8 Å². The van der Waals surface area contributed by atoms with Gasteiger partial charge < -0.3 is 15.1 Å². The molecule has 2 amide bonds. The van der Waals surface area contributed by atoms with E-state index >= 15 is 0 Å². The Bertz CT molecular complexity index is 604. The van der Waals surface area contributed by atoms with Crippen LogP contribution in [0.3, 0.4) is 0 Å². The van der Waals surface area contributed by atoms with Gasteiger partial charge in [0.2, 0.25) is 0 Å². The molecule has 5 nitrogen and oxygen atoms in total. The number of nitrogens with one attached hydrogen (secondary N) is 1. The Labute approximate surface area is 164 Å². The lowest BCUT2D eigenvalue weighted by molar-refractivity contribution is 0.0900. The number of hydrogen-bond acceptors (Lipinski definition) is 3. The fourth-order valence-corrected chi connectivity index (χ4v) is 4.56. The number of rotatable bonds is 5. The van der Waals surface area contributed by atoms with Crippen LogP contribution in [0, 0.1) is 6.92 Å². The second-order valence-corrected chi connectivity index (χ2v) is 8.34. The lowest BCUT2D eigenvalue weighted by atomic mass is 9.94. The second kappa shape index (κ2) is 9.56. The highest BCUT2D eigenvalue weighted by molar-refractivity contribution is 5.74. The van der Waals surface area contributed by atoms with E-state index in [4.69, 9.17) is 0 Å². The number of hydrogen-bond donors (Lipinski definition) is 1. The van der Waals surface area contributed by atoms with Crippen molar-refractivity contribution in [1.29, 1.82) is 0 Å². The Kier molecular flexibility index (Phi) is 7.13. The predicted octanol–water partition coefficient (Wildman–Crippen LogP) is 3.26. The van der Waals surface area contributed by atoms with E-state index in [1.165, 1.54) is 43.2 Å². The quantitative estimate of drug-likeness (QED) is 0.862. The lowest BCUT2D eigenvalue weighted by Crippen LogP contribution is -2.55. The summed E-state index contributed by atoms with van der Waals surface area (Å²) in [7, 11) is 4.15. The highest BCUT2D eigenvalue weighted by Crippen LogP contribution is 2.24. The maximum atomic E-state index is 12.7. The van der Waals surface area contributed by atoms with Gasteiger partial charge in [0.25, 0.3) is 0 Å². The van der Waals surface area contributed by atoms with E-state index in [2.05, 4.69) is 60.4 Å². The van der Waals surface area contributed by atoms with E-state index in [0.29, 0.717) is 6.54 Å². The Morgan fingerprint density at radius 3 is 2.41 bits per heavy atom. The van der Waals surface area contributed by atoms with Gasteiger partial charge in [-0.1, -0.05) is 43.5 Å². The minimum Gasteiger partial charge on any atom is -0.336 e. The third-order valence-electron chi connectivity index (χ3n) is 6.31. The maximum absolute atomic E-state index is 12.7. The standard InChI is InChI=1S/C22H36N4O/c1-18-9-7-8-12-20(18)21(24(2)3)17-23-22(27)26-15-13-25(14-16-26)19-10-5-4-6-11-19/h7-9,12,19,21H,4-6,10-11,13-17H2,1-3H3,(H,23,27)/t21-/m0/s1. The summed E-state index contributed by atoms with van der Waals surface area (Å²) in [5, 5.41) is 3.18. The molecule has 150 valence electrons. The fourth-order valence-electron chi connectivity index (χ4n) is 4.56. The van der Waals surface area contributed by atoms with E-state index in [-0.39, 0.29) is 12.1 Å². The van der Waals surface area contributed by atoms with Crippen LogP contribution in [0.2, 0.25) is 0 Å². The Morgan fingerprint density at radius 1 is 1.11 bits per heavy atom. The van der Waals surface area contributed by atoms with E-state index in [1.54, 1.807) is 0 Å². The van der Waals surface area contributed by atoms with Crippen LogP contribution in [0.1, 0.15) is 49.3 Å². The van der Waals surface area contributed by atoms with Gasteiger partial charge in [-0.05, 0) is 45.0 Å². The molecule has 0 radical (unpaired) electrons. The molecular weight excluding hydrogens is 336 g/mol. The zero-order valence-corrected chi connectivity index (χ0v) is 17.3. The zero-order valence-electron chi connectivity index (χ0n) is 17.3. The Balaban J connectivity index is 1.49. The number of benzene rings is 1. The van der Waals surface area contributed by atoms with Crippen molar-refractivity contribution in [3.8, 4) is 0 Å². The van der Waals surface area contributed by atoms with Gasteiger partial charge in [0, 0.05) is 38.8 Å². The number of amides is 2. The minimum absolute atomic E-state index is 0.0822. The van der Waals surface area contributed by atoms with Gasteiger partial charge in [-0.2, -0.15) is 0 Å². The molecule has 1 aliphatic carbocycles. The largest absolute Gasteiger partial charge is 0.336 e. The smallest absolute Gasteiger partial charge is 0.317 e. The normalized spacial score (nSPS) is 20.7. The molecule has 1 aromatic rings. The molecule has 0 aromatic heterocycles. The maximum Gasteiger partial charge on any atom is 0.317 e. The molecule has 0 spiro atoms. The van der Waals surface area contributed by atoms with Crippen molar-refractivity contribution in [3.05, 3.63) is 35.4 Å². The van der Waals surface area contributed by atoms with Crippen LogP contribution >= 0.6 is 0 Å². The van der Waals surface area contributed by atoms with Crippen molar-refractivity contribution in [3.63, 3.8) is 0 Å². The van der Waals surface area contributed by atoms with E-state index in [0.717, 1.165) is 32.2 Å². The van der Waals surface area contributed by atoms with E-state index < -0.39 is 0 Å². The summed E-state index contributed by atoms with van der Waals surface area (Å²) in [6.45, 7) is 6.51. The zero-order chi connectivity index (χ0) is 19.2. The molecule has 0 bridgehead atoms. The van der Waals surface area contributed by atoms with Gasteiger partial charge in [0.1, 0.15) is 0 Å². The molecule has 1 saturated carbocycles. The Morgan fingerprint density at radius 2 is 1.78 bits per heavy atom. The van der Waals surface area contributed by atoms with E-state index in [1.807, 2.05) is 4.90 Å². The highest BCUT2D eigenvalue weighted by Gasteiger charge is 2.27. The van der Waals surface area contributed by atoms with E-state index in [9.17, 15) is 4.79 Å². The summed E-state index contributed by atoms with van der Waals surface area (Å²) in [6.07, 6.45) is 6.82. The van der Waals surface area contributed by atoms with Crippen LogP contribution < -0.4 is 5.32 Å². The molecule has 2 aliphatic rings. The first-order valence-electron chi connectivity index (χ1n) is 10.5. The van der Waals surface area contributed by atoms with Gasteiger partial charge in [0.15, 0.2) is 0 Å². The molecule has 0 unspecified atom stereocenters. The number of nitrogens with zero attached hydrogens (tertiary/aromatic N) is 3. The molecule has 3 rings (SSSR count). The first-order chi connectivity index (χ1) is 13.1. The summed E-state index contributed by atoms with van der Waals surface area (Å²) >= 11 is 0. The number of urea groups is 1. The van der Waals surface area contributed by atoms with Crippen LogP contribution in [0.5, 0.6) is 0 Å². The summed E-state index contributed by atoms with van der Waals surface area (Å²) < 4.78 is 0. The molecule has 1 saturated heterocycles. The van der Waals surface area contributed by atoms with Crippen molar-refractivity contribution < 1.29 is 4.79 Å². The number of carbonyl (C=O) groups excluding carboxylic acids is 1. The van der Waals surface area contributed by atoms with Gasteiger partial charge >= 0.3 is 6.03 Å². The van der Waals surface area contributed by atoms with Crippen LogP contribution in [0.4, 0.5) is 4.79 Å². The third-order valence-corrected chi connectivity index (χ3v) is 6.31. The number of aryl methyl sites for hydroxylation is 1. The molecule has 1 N–H and O–H groups in total. The Hall–Kier alpha value is -1.59. The van der Waals surface area contributed by atoms with Gasteiger partial charge in [-0.15, -0.1) is 0 Å². The van der Waals surface area contributed by atoms with Gasteiger partial charge in [-0.25, -0.2) is 4.79 Å². The highest BCUT2D eigenvalue weighted by atomic mass is 16.2. The summed E-state index contributed by atoms with van der Waals surface area (Å²) in [6, 6.07) is 9.47. The lowest BCUT2D eigenvalue weighted by Gasteiger charge is -2.40.